The van der Waals surface area contributed by atoms with Crippen molar-refractivity contribution in [2.24, 2.45) is 5.92 Å². The third kappa shape index (κ3) is 7.39. The lowest BCUT2D eigenvalue weighted by Gasteiger charge is -2.44. The second-order valence-corrected chi connectivity index (χ2v) is 9.97. The highest BCUT2D eigenvalue weighted by Crippen LogP contribution is 2.44. The van der Waals surface area contributed by atoms with Crippen molar-refractivity contribution in [1.82, 2.24) is 19.6 Å². The zero-order valence-corrected chi connectivity index (χ0v) is 20.9. The Morgan fingerprint density at radius 1 is 1.05 bits per heavy atom. The van der Waals surface area contributed by atoms with E-state index in [-0.39, 0.29) is 26.2 Å². The van der Waals surface area contributed by atoms with Gasteiger partial charge in [-0.15, -0.1) is 0 Å². The number of benzene rings is 1. The van der Waals surface area contributed by atoms with Gasteiger partial charge in [0.15, 0.2) is 5.92 Å². The number of ether oxygens (including phenoxy) is 1. The molecule has 1 unspecified atom stereocenters. The molecule has 14 heteroatoms. The maximum absolute atomic E-state index is 13.6. The number of amides is 1. The fraction of sp³-hybridized carbons (Fsp3) is 0.542. The molecule has 3 rings (SSSR count). The Morgan fingerprint density at radius 3 is 2.26 bits per heavy atom. The van der Waals surface area contributed by atoms with Crippen molar-refractivity contribution in [3.63, 3.8) is 0 Å². The summed E-state index contributed by atoms with van der Waals surface area (Å²) in [6.07, 6.45) is -11.4. The molecule has 1 aliphatic heterocycles. The number of hydrogen-bond donors (Lipinski definition) is 1. The fourth-order valence-electron chi connectivity index (χ4n) is 4.38. The van der Waals surface area contributed by atoms with Crippen molar-refractivity contribution in [2.45, 2.75) is 57.9 Å². The van der Waals surface area contributed by atoms with Crippen LogP contribution in [0.25, 0.3) is 11.3 Å². The maximum Gasteiger partial charge on any atom is 0.407 e. The van der Waals surface area contributed by atoms with Gasteiger partial charge in [0.05, 0.1) is 5.69 Å². The molecular formula is C24H28F6N4O4. The van der Waals surface area contributed by atoms with Crippen LogP contribution in [0.3, 0.4) is 0 Å². The van der Waals surface area contributed by atoms with E-state index in [2.05, 4.69) is 5.10 Å². The van der Waals surface area contributed by atoms with Gasteiger partial charge in [-0.25, -0.2) is 4.79 Å². The Labute approximate surface area is 214 Å². The molecule has 0 aliphatic carbocycles. The SMILES string of the molecule is CC(C)(C)OC(=O)Cn1ccc(-c2ccccc2CN2CCN(C(=O)O)CC2C(C(F)(F)F)C(F)(F)F)n1. The second-order valence-electron chi connectivity index (χ2n) is 9.97. The van der Waals surface area contributed by atoms with Crippen molar-refractivity contribution >= 4 is 12.1 Å². The summed E-state index contributed by atoms with van der Waals surface area (Å²) in [7, 11) is 0. The lowest BCUT2D eigenvalue weighted by molar-refractivity contribution is -0.302. The molecule has 8 nitrogen and oxygen atoms in total. The van der Waals surface area contributed by atoms with E-state index in [9.17, 15) is 41.0 Å². The van der Waals surface area contributed by atoms with Crippen molar-refractivity contribution < 1.29 is 45.8 Å². The fourth-order valence-corrected chi connectivity index (χ4v) is 4.38. The van der Waals surface area contributed by atoms with E-state index < -0.39 is 48.5 Å². The summed E-state index contributed by atoms with van der Waals surface area (Å²) in [5, 5.41) is 13.6. The molecule has 1 aliphatic rings. The highest BCUT2D eigenvalue weighted by atomic mass is 19.4. The molecule has 0 spiro atoms. The zero-order valence-electron chi connectivity index (χ0n) is 20.9. The van der Waals surface area contributed by atoms with Gasteiger partial charge in [0.1, 0.15) is 12.1 Å². The van der Waals surface area contributed by atoms with E-state index >= 15 is 0 Å². The molecule has 1 fully saturated rings. The Balaban J connectivity index is 1.90. The average molecular weight is 551 g/mol. The zero-order chi connectivity index (χ0) is 28.5. The highest BCUT2D eigenvalue weighted by molar-refractivity contribution is 5.70. The second kappa shape index (κ2) is 10.8. The first kappa shape index (κ1) is 29.3. The molecule has 2 aromatic rings. The van der Waals surface area contributed by atoms with Gasteiger partial charge in [-0.3, -0.25) is 14.4 Å². The summed E-state index contributed by atoms with van der Waals surface area (Å²) in [6.45, 7) is 3.09. The summed E-state index contributed by atoms with van der Waals surface area (Å²) in [5.41, 5.74) is 0.497. The number of alkyl halides is 6. The lowest BCUT2D eigenvalue weighted by atomic mass is 9.93. The standard InChI is InChI=1S/C24H28F6N4O4/c1-22(2,3)38-19(35)14-34-9-8-17(31-34)16-7-5-4-6-15(16)12-32-10-11-33(21(36)37)13-18(32)20(23(25,26)27)24(28,29)30/h4-9,18,20H,10-14H2,1-3H3,(H,36,37). The summed E-state index contributed by atoms with van der Waals surface area (Å²) in [4.78, 5) is 25.1. The molecular weight excluding hydrogens is 522 g/mol. The van der Waals surface area contributed by atoms with Crippen LogP contribution in [-0.2, 0) is 22.6 Å². The predicted octanol–water partition coefficient (Wildman–Crippen LogP) is 4.80. The van der Waals surface area contributed by atoms with E-state index in [1.54, 1.807) is 51.1 Å². The predicted molar refractivity (Wildman–Crippen MR) is 123 cm³/mol. The number of rotatable bonds is 6. The average Bonchev–Trinajstić information content (AvgIpc) is 3.19. The Morgan fingerprint density at radius 2 is 1.68 bits per heavy atom. The van der Waals surface area contributed by atoms with E-state index in [0.29, 0.717) is 21.7 Å². The van der Waals surface area contributed by atoms with Gasteiger partial charge < -0.3 is 14.7 Å². The molecule has 0 radical (unpaired) electrons. The molecule has 210 valence electrons. The Bertz CT molecular complexity index is 1130. The molecule has 1 N–H and O–H groups in total. The smallest absolute Gasteiger partial charge is 0.407 e. The van der Waals surface area contributed by atoms with Gasteiger partial charge in [-0.2, -0.15) is 31.4 Å². The number of halogens is 6. The number of carbonyl (C=O) groups excluding carboxylic acids is 1. The highest BCUT2D eigenvalue weighted by Gasteiger charge is 2.62. The Kier molecular flexibility index (Phi) is 8.34. The van der Waals surface area contributed by atoms with Crippen LogP contribution in [0, 0.1) is 5.92 Å². The van der Waals surface area contributed by atoms with Crippen molar-refractivity contribution in [1.29, 1.82) is 0 Å². The summed E-state index contributed by atoms with van der Waals surface area (Å²) < 4.78 is 88.4. The van der Waals surface area contributed by atoms with Crippen LogP contribution in [0.4, 0.5) is 31.1 Å². The van der Waals surface area contributed by atoms with E-state index in [0.717, 1.165) is 4.90 Å². The van der Waals surface area contributed by atoms with E-state index in [1.165, 1.54) is 10.9 Å². The maximum atomic E-state index is 13.6. The molecule has 1 atom stereocenters. The lowest BCUT2D eigenvalue weighted by Crippen LogP contribution is -2.62. The van der Waals surface area contributed by atoms with Crippen LogP contribution in [0.2, 0.25) is 0 Å². The van der Waals surface area contributed by atoms with Gasteiger partial charge in [0.2, 0.25) is 0 Å². The summed E-state index contributed by atoms with van der Waals surface area (Å²) >= 11 is 0. The Hall–Kier alpha value is -3.29. The minimum absolute atomic E-state index is 0.197. The largest absolute Gasteiger partial charge is 0.465 e. The first-order chi connectivity index (χ1) is 17.5. The van der Waals surface area contributed by atoms with Crippen LogP contribution >= 0.6 is 0 Å². The number of piperazine rings is 1. The molecule has 2 heterocycles. The van der Waals surface area contributed by atoms with Gasteiger partial charge in [0, 0.05) is 44.0 Å². The first-order valence-electron chi connectivity index (χ1n) is 11.6. The third-order valence-corrected chi connectivity index (χ3v) is 5.91. The van der Waals surface area contributed by atoms with Gasteiger partial charge in [0.25, 0.3) is 0 Å². The molecule has 1 aromatic heterocycles. The number of carboxylic acid groups (broad SMARTS) is 1. The van der Waals surface area contributed by atoms with Crippen molar-refractivity contribution in [3.8, 4) is 11.3 Å². The molecule has 38 heavy (non-hydrogen) atoms. The van der Waals surface area contributed by atoms with E-state index in [1.807, 2.05) is 0 Å². The number of hydrogen-bond acceptors (Lipinski definition) is 5. The topological polar surface area (TPSA) is 87.9 Å². The minimum atomic E-state index is -5.64. The van der Waals surface area contributed by atoms with Crippen LogP contribution in [0.15, 0.2) is 36.5 Å². The summed E-state index contributed by atoms with van der Waals surface area (Å²) in [6, 6.07) is 5.78. The van der Waals surface area contributed by atoms with Gasteiger partial charge in [-0.05, 0) is 32.4 Å². The number of esters is 1. The first-order valence-corrected chi connectivity index (χ1v) is 11.6. The minimum Gasteiger partial charge on any atom is -0.465 e. The molecule has 1 aromatic carbocycles. The van der Waals surface area contributed by atoms with Crippen LogP contribution in [0.1, 0.15) is 26.3 Å². The number of aromatic nitrogens is 2. The van der Waals surface area contributed by atoms with Crippen LogP contribution in [-0.4, -0.2) is 80.4 Å². The molecule has 0 bridgehead atoms. The molecule has 0 saturated carbocycles. The van der Waals surface area contributed by atoms with E-state index in [4.69, 9.17) is 4.74 Å². The van der Waals surface area contributed by atoms with Crippen LogP contribution < -0.4 is 0 Å². The molecule has 1 amide bonds. The third-order valence-electron chi connectivity index (χ3n) is 5.91. The van der Waals surface area contributed by atoms with Gasteiger partial charge in [-0.1, -0.05) is 24.3 Å². The van der Waals surface area contributed by atoms with Gasteiger partial charge >= 0.3 is 24.4 Å². The molecule has 1 saturated heterocycles. The summed E-state index contributed by atoms with van der Waals surface area (Å²) in [5.74, 6) is -4.28. The normalized spacial score (nSPS) is 17.6. The number of carbonyl (C=O) groups is 2. The van der Waals surface area contributed by atoms with Crippen molar-refractivity contribution in [2.75, 3.05) is 19.6 Å². The number of nitrogens with zero attached hydrogens (tertiary/aromatic N) is 4. The quantitative estimate of drug-likeness (QED) is 0.411. The van der Waals surface area contributed by atoms with Crippen LogP contribution in [0.5, 0.6) is 0 Å². The van der Waals surface area contributed by atoms with Crippen molar-refractivity contribution in [3.05, 3.63) is 42.1 Å². The monoisotopic (exact) mass is 550 g/mol.